The van der Waals surface area contributed by atoms with Crippen LogP contribution in [0.15, 0.2) is 24.4 Å². The maximum absolute atomic E-state index is 12.3. The number of H-pyrrole nitrogens is 1. The standard InChI is InChI=1S/C14H17N3O/c18-14(16-10-5-2-1-3-6-10)11-7-4-8-13-12(11)9-15-17-13/h4,7-10H,1-3,5-6H2,(H,15,17)(H,16,18). The summed E-state index contributed by atoms with van der Waals surface area (Å²) >= 11 is 0. The fourth-order valence-electron chi connectivity index (χ4n) is 2.68. The molecule has 1 saturated carbocycles. The summed E-state index contributed by atoms with van der Waals surface area (Å²) in [6.07, 6.45) is 7.66. The third-order valence-corrected chi connectivity index (χ3v) is 3.67. The fraction of sp³-hybridized carbons (Fsp3) is 0.429. The van der Waals surface area contributed by atoms with Gasteiger partial charge in [0, 0.05) is 11.4 Å². The van der Waals surface area contributed by atoms with Crippen LogP contribution in [-0.4, -0.2) is 22.1 Å². The second-order valence-electron chi connectivity index (χ2n) is 4.95. The third-order valence-electron chi connectivity index (χ3n) is 3.67. The number of carbonyl (C=O) groups is 1. The van der Waals surface area contributed by atoms with Crippen molar-refractivity contribution in [3.8, 4) is 0 Å². The van der Waals surface area contributed by atoms with E-state index in [0.29, 0.717) is 11.6 Å². The molecule has 1 aliphatic rings. The Morgan fingerprint density at radius 3 is 2.94 bits per heavy atom. The SMILES string of the molecule is O=C(NC1CCCCC1)c1cccc2[nH]ncc12. The molecule has 1 aromatic carbocycles. The van der Waals surface area contributed by atoms with Gasteiger partial charge in [-0.15, -0.1) is 0 Å². The zero-order valence-electron chi connectivity index (χ0n) is 10.3. The molecule has 4 heteroatoms. The molecule has 0 spiro atoms. The van der Waals surface area contributed by atoms with Gasteiger partial charge in [0.05, 0.1) is 17.3 Å². The van der Waals surface area contributed by atoms with Crippen molar-refractivity contribution in [2.24, 2.45) is 0 Å². The predicted molar refractivity (Wildman–Crippen MR) is 70.4 cm³/mol. The van der Waals surface area contributed by atoms with E-state index >= 15 is 0 Å². The molecule has 2 N–H and O–H groups in total. The molecule has 0 bridgehead atoms. The number of aromatic amines is 1. The fourth-order valence-corrected chi connectivity index (χ4v) is 2.68. The van der Waals surface area contributed by atoms with Gasteiger partial charge in [-0.25, -0.2) is 0 Å². The van der Waals surface area contributed by atoms with Crippen molar-refractivity contribution in [3.05, 3.63) is 30.0 Å². The van der Waals surface area contributed by atoms with Gasteiger partial charge in [-0.1, -0.05) is 25.3 Å². The topological polar surface area (TPSA) is 57.8 Å². The molecule has 0 atom stereocenters. The van der Waals surface area contributed by atoms with E-state index < -0.39 is 0 Å². The number of carbonyl (C=O) groups excluding carboxylic acids is 1. The van der Waals surface area contributed by atoms with Gasteiger partial charge in [-0.3, -0.25) is 9.89 Å². The highest BCUT2D eigenvalue weighted by atomic mass is 16.1. The Morgan fingerprint density at radius 2 is 2.11 bits per heavy atom. The van der Waals surface area contributed by atoms with Crippen molar-refractivity contribution in [2.75, 3.05) is 0 Å². The van der Waals surface area contributed by atoms with Gasteiger partial charge in [0.25, 0.3) is 5.91 Å². The Kier molecular flexibility index (Phi) is 3.00. The zero-order valence-corrected chi connectivity index (χ0v) is 10.3. The number of hydrogen-bond donors (Lipinski definition) is 2. The lowest BCUT2D eigenvalue weighted by atomic mass is 9.95. The number of nitrogens with one attached hydrogen (secondary N) is 2. The van der Waals surface area contributed by atoms with Crippen molar-refractivity contribution in [1.82, 2.24) is 15.5 Å². The number of rotatable bonds is 2. The Morgan fingerprint density at radius 1 is 1.28 bits per heavy atom. The first kappa shape index (κ1) is 11.3. The molecule has 18 heavy (non-hydrogen) atoms. The third kappa shape index (κ3) is 2.10. The summed E-state index contributed by atoms with van der Waals surface area (Å²) in [6.45, 7) is 0. The maximum Gasteiger partial charge on any atom is 0.252 e. The molecule has 4 nitrogen and oxygen atoms in total. The van der Waals surface area contributed by atoms with Crippen molar-refractivity contribution in [3.63, 3.8) is 0 Å². The van der Waals surface area contributed by atoms with Crippen molar-refractivity contribution < 1.29 is 4.79 Å². The first-order chi connectivity index (χ1) is 8.84. The lowest BCUT2D eigenvalue weighted by Crippen LogP contribution is -2.36. The van der Waals surface area contributed by atoms with Gasteiger partial charge in [-0.2, -0.15) is 5.10 Å². The molecule has 2 aromatic rings. The van der Waals surface area contributed by atoms with Crippen LogP contribution < -0.4 is 5.32 Å². The summed E-state index contributed by atoms with van der Waals surface area (Å²) in [7, 11) is 0. The van der Waals surface area contributed by atoms with E-state index in [2.05, 4.69) is 15.5 Å². The lowest BCUT2D eigenvalue weighted by molar-refractivity contribution is 0.0929. The van der Waals surface area contributed by atoms with Gasteiger partial charge in [0.2, 0.25) is 0 Å². The first-order valence-electron chi connectivity index (χ1n) is 6.57. The van der Waals surface area contributed by atoms with Crippen molar-refractivity contribution in [2.45, 2.75) is 38.1 Å². The number of aromatic nitrogens is 2. The first-order valence-corrected chi connectivity index (χ1v) is 6.57. The minimum Gasteiger partial charge on any atom is -0.349 e. The summed E-state index contributed by atoms with van der Waals surface area (Å²) in [6, 6.07) is 6.01. The molecular weight excluding hydrogens is 226 g/mol. The molecule has 0 aliphatic heterocycles. The molecule has 1 amide bonds. The number of fused-ring (bicyclic) bond motifs is 1. The predicted octanol–water partition coefficient (Wildman–Crippen LogP) is 2.63. The minimum absolute atomic E-state index is 0.0221. The maximum atomic E-state index is 12.3. The highest BCUT2D eigenvalue weighted by Gasteiger charge is 2.18. The van der Waals surface area contributed by atoms with Crippen molar-refractivity contribution >= 4 is 16.8 Å². The van der Waals surface area contributed by atoms with Gasteiger partial charge in [0.15, 0.2) is 0 Å². The highest BCUT2D eigenvalue weighted by molar-refractivity contribution is 6.06. The summed E-state index contributed by atoms with van der Waals surface area (Å²) in [5, 5.41) is 10.9. The summed E-state index contributed by atoms with van der Waals surface area (Å²) in [5.41, 5.74) is 1.62. The van der Waals surface area contributed by atoms with Crippen LogP contribution in [0.5, 0.6) is 0 Å². The Balaban J connectivity index is 1.81. The molecule has 1 fully saturated rings. The average Bonchev–Trinajstić information content (AvgIpc) is 2.87. The van der Waals surface area contributed by atoms with E-state index in [1.165, 1.54) is 19.3 Å². The number of amides is 1. The molecule has 0 radical (unpaired) electrons. The second kappa shape index (κ2) is 4.80. The Bertz CT molecular complexity index is 555. The number of hydrogen-bond acceptors (Lipinski definition) is 2. The van der Waals surface area contributed by atoms with Crippen LogP contribution in [0.3, 0.4) is 0 Å². The van der Waals surface area contributed by atoms with Gasteiger partial charge < -0.3 is 5.32 Å². The van der Waals surface area contributed by atoms with Gasteiger partial charge >= 0.3 is 0 Å². The minimum atomic E-state index is 0.0221. The van der Waals surface area contributed by atoms with Crippen LogP contribution in [0.1, 0.15) is 42.5 Å². The molecular formula is C14H17N3O. The van der Waals surface area contributed by atoms with Crippen molar-refractivity contribution in [1.29, 1.82) is 0 Å². The van der Waals surface area contributed by atoms with Crippen LogP contribution in [0.4, 0.5) is 0 Å². The van der Waals surface area contributed by atoms with E-state index in [1.807, 2.05) is 18.2 Å². The van der Waals surface area contributed by atoms with Crippen LogP contribution >= 0.6 is 0 Å². The normalized spacial score (nSPS) is 16.9. The average molecular weight is 243 g/mol. The monoisotopic (exact) mass is 243 g/mol. The zero-order chi connectivity index (χ0) is 12.4. The molecule has 1 aromatic heterocycles. The number of nitrogens with zero attached hydrogens (tertiary/aromatic N) is 1. The molecule has 94 valence electrons. The Hall–Kier alpha value is -1.84. The van der Waals surface area contributed by atoms with Crippen LogP contribution in [0, 0.1) is 0 Å². The van der Waals surface area contributed by atoms with Crippen LogP contribution in [0.2, 0.25) is 0 Å². The highest BCUT2D eigenvalue weighted by Crippen LogP contribution is 2.20. The van der Waals surface area contributed by atoms with Gasteiger partial charge in [-0.05, 0) is 25.0 Å². The van der Waals surface area contributed by atoms with E-state index in [9.17, 15) is 4.79 Å². The van der Waals surface area contributed by atoms with E-state index in [0.717, 1.165) is 23.7 Å². The lowest BCUT2D eigenvalue weighted by Gasteiger charge is -2.22. The summed E-state index contributed by atoms with van der Waals surface area (Å²) in [4.78, 5) is 12.3. The van der Waals surface area contributed by atoms with E-state index in [1.54, 1.807) is 6.20 Å². The molecule has 3 rings (SSSR count). The summed E-state index contributed by atoms with van der Waals surface area (Å²) in [5.74, 6) is 0.0221. The van der Waals surface area contributed by atoms with Crippen LogP contribution in [-0.2, 0) is 0 Å². The van der Waals surface area contributed by atoms with E-state index in [4.69, 9.17) is 0 Å². The number of benzene rings is 1. The Labute approximate surface area is 106 Å². The molecule has 0 saturated heterocycles. The summed E-state index contributed by atoms with van der Waals surface area (Å²) < 4.78 is 0. The molecule has 1 aliphatic carbocycles. The smallest absolute Gasteiger partial charge is 0.252 e. The quantitative estimate of drug-likeness (QED) is 0.851. The largest absolute Gasteiger partial charge is 0.349 e. The molecule has 0 unspecified atom stereocenters. The second-order valence-corrected chi connectivity index (χ2v) is 4.95. The van der Waals surface area contributed by atoms with Gasteiger partial charge in [0.1, 0.15) is 0 Å². The van der Waals surface area contributed by atoms with Crippen LogP contribution in [0.25, 0.3) is 10.9 Å². The molecule has 1 heterocycles. The van der Waals surface area contributed by atoms with E-state index in [-0.39, 0.29) is 5.91 Å².